The molecule has 2 nitrogen and oxygen atoms in total. The number of rotatable bonds is 5. The van der Waals surface area contributed by atoms with Crippen LogP contribution in [0.2, 0.25) is 5.02 Å². The summed E-state index contributed by atoms with van der Waals surface area (Å²) >= 11 is 6.25. The van der Waals surface area contributed by atoms with Crippen molar-refractivity contribution < 1.29 is 0 Å². The highest BCUT2D eigenvalue weighted by molar-refractivity contribution is 6.31. The summed E-state index contributed by atoms with van der Waals surface area (Å²) in [5.74, 6) is 0. The van der Waals surface area contributed by atoms with E-state index in [0.717, 1.165) is 11.6 Å². The van der Waals surface area contributed by atoms with Crippen molar-refractivity contribution in [1.82, 2.24) is 4.90 Å². The first-order chi connectivity index (χ1) is 8.25. The number of hydrogen-bond donors (Lipinski definition) is 1. The number of hydrogen-bond acceptors (Lipinski definition) is 2. The van der Waals surface area contributed by atoms with Gasteiger partial charge in [-0.25, -0.2) is 0 Å². The molecule has 2 N–H and O–H groups in total. The lowest BCUT2D eigenvalue weighted by atomic mass is 9.85. The minimum atomic E-state index is 0.0876. The second kappa shape index (κ2) is 6.05. The van der Waals surface area contributed by atoms with E-state index >= 15 is 0 Å². The summed E-state index contributed by atoms with van der Waals surface area (Å²) in [6, 6.07) is 8.47. The van der Waals surface area contributed by atoms with Crippen LogP contribution in [-0.4, -0.2) is 24.5 Å². The Balaban J connectivity index is 2.79. The van der Waals surface area contributed by atoms with Crippen molar-refractivity contribution in [3.8, 4) is 0 Å². The average molecular weight is 269 g/mol. The molecule has 0 saturated heterocycles. The second-order valence-corrected chi connectivity index (χ2v) is 6.30. The number of halogens is 1. The molecule has 0 radical (unpaired) electrons. The van der Waals surface area contributed by atoms with Gasteiger partial charge in [0.1, 0.15) is 0 Å². The molecule has 0 saturated carbocycles. The minimum absolute atomic E-state index is 0.0876. The molecule has 3 heteroatoms. The third-order valence-corrected chi connectivity index (χ3v) is 4.25. The summed E-state index contributed by atoms with van der Waals surface area (Å²) in [7, 11) is 2.12. The first-order valence-corrected chi connectivity index (χ1v) is 6.83. The van der Waals surface area contributed by atoms with Crippen LogP contribution in [0.5, 0.6) is 0 Å². The minimum Gasteiger partial charge on any atom is -0.327 e. The van der Waals surface area contributed by atoms with Gasteiger partial charge >= 0.3 is 0 Å². The van der Waals surface area contributed by atoms with E-state index in [1.54, 1.807) is 0 Å². The molecule has 2 atom stereocenters. The van der Waals surface area contributed by atoms with Crippen LogP contribution in [-0.2, 0) is 0 Å². The van der Waals surface area contributed by atoms with Gasteiger partial charge in [-0.05, 0) is 37.9 Å². The van der Waals surface area contributed by atoms with Gasteiger partial charge in [0.15, 0.2) is 0 Å². The van der Waals surface area contributed by atoms with E-state index < -0.39 is 0 Å². The molecule has 0 aliphatic carbocycles. The monoisotopic (exact) mass is 268 g/mol. The molecule has 0 bridgehead atoms. The van der Waals surface area contributed by atoms with Crippen LogP contribution < -0.4 is 5.73 Å². The van der Waals surface area contributed by atoms with Gasteiger partial charge in [-0.1, -0.05) is 43.6 Å². The first kappa shape index (κ1) is 15.5. The van der Waals surface area contributed by atoms with E-state index in [2.05, 4.69) is 45.7 Å². The van der Waals surface area contributed by atoms with Crippen LogP contribution in [0.15, 0.2) is 24.3 Å². The Kier molecular flexibility index (Phi) is 5.20. The first-order valence-electron chi connectivity index (χ1n) is 6.46. The Morgan fingerprint density at radius 2 is 1.83 bits per heavy atom. The zero-order valence-corrected chi connectivity index (χ0v) is 12.8. The molecule has 0 aromatic heterocycles. The molecule has 0 fully saturated rings. The number of nitrogens with zero attached hydrogens (tertiary/aromatic N) is 1. The highest BCUT2D eigenvalue weighted by Gasteiger charge is 2.27. The molecule has 102 valence electrons. The molecule has 1 rings (SSSR count). The van der Waals surface area contributed by atoms with E-state index in [9.17, 15) is 0 Å². The van der Waals surface area contributed by atoms with Crippen LogP contribution in [0, 0.1) is 5.41 Å². The smallest absolute Gasteiger partial charge is 0.0453 e. The molecule has 0 spiro atoms. The van der Waals surface area contributed by atoms with Gasteiger partial charge in [0.2, 0.25) is 0 Å². The van der Waals surface area contributed by atoms with Crippen molar-refractivity contribution >= 4 is 11.6 Å². The normalized spacial score (nSPS) is 15.8. The fourth-order valence-electron chi connectivity index (χ4n) is 1.98. The topological polar surface area (TPSA) is 29.3 Å². The maximum absolute atomic E-state index is 6.25. The Labute approximate surface area is 116 Å². The Hall–Kier alpha value is -0.570. The lowest BCUT2D eigenvalue weighted by Gasteiger charge is -2.36. The van der Waals surface area contributed by atoms with Crippen LogP contribution >= 0.6 is 11.6 Å². The van der Waals surface area contributed by atoms with Crippen LogP contribution in [0.4, 0.5) is 0 Å². The van der Waals surface area contributed by atoms with Gasteiger partial charge in [-0.3, -0.25) is 4.90 Å². The molecular weight excluding hydrogens is 244 g/mol. The van der Waals surface area contributed by atoms with Crippen LogP contribution in [0.25, 0.3) is 0 Å². The molecule has 2 unspecified atom stereocenters. The van der Waals surface area contributed by atoms with Crippen molar-refractivity contribution in [1.29, 1.82) is 0 Å². The summed E-state index contributed by atoms with van der Waals surface area (Å²) in [5, 5.41) is 0.829. The quantitative estimate of drug-likeness (QED) is 0.882. The standard InChI is InChI=1S/C15H25ClN2/c1-11(13-8-6-7-9-14(13)16)18(5)10-15(3,4)12(2)17/h6-9,11-12H,10,17H2,1-5H3. The lowest BCUT2D eigenvalue weighted by molar-refractivity contribution is 0.150. The summed E-state index contributed by atoms with van der Waals surface area (Å²) in [4.78, 5) is 2.31. The molecular formula is C15H25ClN2. The van der Waals surface area contributed by atoms with Gasteiger partial charge in [0.25, 0.3) is 0 Å². The van der Waals surface area contributed by atoms with Crippen molar-refractivity contribution in [2.75, 3.05) is 13.6 Å². The van der Waals surface area contributed by atoms with E-state index in [0.29, 0.717) is 0 Å². The van der Waals surface area contributed by atoms with E-state index in [4.69, 9.17) is 17.3 Å². The molecule has 0 aliphatic rings. The zero-order chi connectivity index (χ0) is 13.9. The molecule has 1 aromatic carbocycles. The predicted octanol–water partition coefficient (Wildman–Crippen LogP) is 3.71. The van der Waals surface area contributed by atoms with Crippen molar-refractivity contribution in [3.05, 3.63) is 34.9 Å². The maximum atomic E-state index is 6.25. The highest BCUT2D eigenvalue weighted by Crippen LogP contribution is 2.29. The van der Waals surface area contributed by atoms with E-state index in [1.165, 1.54) is 5.56 Å². The number of nitrogens with two attached hydrogens (primary N) is 1. The molecule has 18 heavy (non-hydrogen) atoms. The average Bonchev–Trinajstić information content (AvgIpc) is 2.28. The van der Waals surface area contributed by atoms with Crippen molar-refractivity contribution in [3.63, 3.8) is 0 Å². The van der Waals surface area contributed by atoms with Gasteiger partial charge in [-0.2, -0.15) is 0 Å². The summed E-state index contributed by atoms with van der Waals surface area (Å²) in [6.07, 6.45) is 0. The molecule has 0 heterocycles. The fourth-order valence-corrected chi connectivity index (χ4v) is 2.27. The lowest BCUT2D eigenvalue weighted by Crippen LogP contribution is -2.43. The van der Waals surface area contributed by atoms with Crippen molar-refractivity contribution in [2.45, 2.75) is 39.8 Å². The van der Waals surface area contributed by atoms with E-state index in [-0.39, 0.29) is 17.5 Å². The zero-order valence-electron chi connectivity index (χ0n) is 12.1. The molecule has 1 aromatic rings. The van der Waals surface area contributed by atoms with E-state index in [1.807, 2.05) is 18.2 Å². The summed E-state index contributed by atoms with van der Waals surface area (Å²) in [6.45, 7) is 9.59. The van der Waals surface area contributed by atoms with Gasteiger partial charge in [-0.15, -0.1) is 0 Å². The van der Waals surface area contributed by atoms with Gasteiger partial charge < -0.3 is 5.73 Å². The predicted molar refractivity (Wildman–Crippen MR) is 79.9 cm³/mol. The number of benzene rings is 1. The van der Waals surface area contributed by atoms with Gasteiger partial charge in [0, 0.05) is 23.7 Å². The third-order valence-electron chi connectivity index (χ3n) is 3.91. The molecule has 0 aliphatic heterocycles. The highest BCUT2D eigenvalue weighted by atomic mass is 35.5. The molecule has 0 amide bonds. The fraction of sp³-hybridized carbons (Fsp3) is 0.600. The van der Waals surface area contributed by atoms with Crippen LogP contribution in [0.3, 0.4) is 0 Å². The Morgan fingerprint density at radius 1 is 1.28 bits per heavy atom. The Morgan fingerprint density at radius 3 is 2.33 bits per heavy atom. The maximum Gasteiger partial charge on any atom is 0.0453 e. The Bertz CT molecular complexity index is 388. The van der Waals surface area contributed by atoms with Gasteiger partial charge in [0.05, 0.1) is 0 Å². The summed E-state index contributed by atoms with van der Waals surface area (Å²) in [5.41, 5.74) is 7.29. The third kappa shape index (κ3) is 3.71. The summed E-state index contributed by atoms with van der Waals surface area (Å²) < 4.78 is 0. The second-order valence-electron chi connectivity index (χ2n) is 5.89. The van der Waals surface area contributed by atoms with Crippen molar-refractivity contribution in [2.24, 2.45) is 11.1 Å². The largest absolute Gasteiger partial charge is 0.327 e. The SMILES string of the molecule is CC(c1ccccc1Cl)N(C)CC(C)(C)C(C)N. The van der Waals surface area contributed by atoms with Crippen LogP contribution in [0.1, 0.15) is 39.3 Å².